The first kappa shape index (κ1) is 12.6. The zero-order valence-corrected chi connectivity index (χ0v) is 10.8. The third-order valence-corrected chi connectivity index (χ3v) is 3.94. The summed E-state index contributed by atoms with van der Waals surface area (Å²) in [5.74, 6) is 0.733. The summed E-state index contributed by atoms with van der Waals surface area (Å²) in [4.78, 5) is 2.62. The highest BCUT2D eigenvalue weighted by Gasteiger charge is 2.26. The van der Waals surface area contributed by atoms with E-state index in [9.17, 15) is 0 Å². The normalized spacial score (nSPS) is 22.8. The number of nitrogens with zero attached hydrogens (tertiary/aromatic N) is 1. The number of nitrogens with two attached hydrogens (primary N) is 1. The first-order chi connectivity index (χ1) is 8.31. The van der Waals surface area contributed by atoms with E-state index in [4.69, 9.17) is 5.73 Å². The maximum absolute atomic E-state index is 5.58. The Morgan fingerprint density at radius 1 is 1.35 bits per heavy atom. The average Bonchev–Trinajstić information content (AvgIpc) is 2.86. The van der Waals surface area contributed by atoms with Gasteiger partial charge in [0, 0.05) is 12.6 Å². The van der Waals surface area contributed by atoms with Crippen LogP contribution in [0.15, 0.2) is 30.3 Å². The maximum atomic E-state index is 5.58. The van der Waals surface area contributed by atoms with Crippen LogP contribution in [0.25, 0.3) is 0 Å². The Hall–Kier alpha value is -0.860. The van der Waals surface area contributed by atoms with Crippen LogP contribution in [0, 0.1) is 0 Å². The molecule has 17 heavy (non-hydrogen) atoms. The molecule has 2 heteroatoms. The Balaban J connectivity index is 1.87. The molecule has 2 nitrogen and oxygen atoms in total. The SMILES string of the molecule is CC(CCCN)N1CCC(c2ccccc2)C1. The van der Waals surface area contributed by atoms with Gasteiger partial charge in [0.1, 0.15) is 0 Å². The van der Waals surface area contributed by atoms with E-state index in [1.165, 1.54) is 31.5 Å². The molecule has 1 aromatic carbocycles. The molecule has 1 aliphatic rings. The smallest absolute Gasteiger partial charge is 0.00676 e. The van der Waals surface area contributed by atoms with Crippen LogP contribution in [0.2, 0.25) is 0 Å². The Morgan fingerprint density at radius 3 is 2.82 bits per heavy atom. The molecule has 2 atom stereocenters. The van der Waals surface area contributed by atoms with Crippen molar-refractivity contribution in [1.29, 1.82) is 0 Å². The Morgan fingerprint density at radius 2 is 2.12 bits per heavy atom. The monoisotopic (exact) mass is 232 g/mol. The molecule has 0 spiro atoms. The molecular formula is C15H24N2. The molecule has 0 saturated carbocycles. The van der Waals surface area contributed by atoms with Gasteiger partial charge in [-0.2, -0.15) is 0 Å². The summed E-state index contributed by atoms with van der Waals surface area (Å²) in [5.41, 5.74) is 7.08. The van der Waals surface area contributed by atoms with Crippen LogP contribution in [-0.4, -0.2) is 30.6 Å². The van der Waals surface area contributed by atoms with E-state index in [-0.39, 0.29) is 0 Å². The van der Waals surface area contributed by atoms with Crippen molar-refractivity contribution in [1.82, 2.24) is 4.90 Å². The number of benzene rings is 1. The lowest BCUT2D eigenvalue weighted by atomic mass is 9.99. The van der Waals surface area contributed by atoms with E-state index < -0.39 is 0 Å². The number of likely N-dealkylation sites (tertiary alicyclic amines) is 1. The summed E-state index contributed by atoms with van der Waals surface area (Å²) in [6.07, 6.45) is 3.68. The van der Waals surface area contributed by atoms with Gasteiger partial charge in [-0.25, -0.2) is 0 Å². The first-order valence-electron chi connectivity index (χ1n) is 6.80. The van der Waals surface area contributed by atoms with E-state index >= 15 is 0 Å². The van der Waals surface area contributed by atoms with E-state index in [0.717, 1.165) is 18.9 Å². The quantitative estimate of drug-likeness (QED) is 0.845. The minimum Gasteiger partial charge on any atom is -0.330 e. The molecule has 0 bridgehead atoms. The molecule has 0 aliphatic carbocycles. The second-order valence-corrected chi connectivity index (χ2v) is 5.17. The predicted octanol–water partition coefficient (Wildman–Crippen LogP) is 2.60. The molecule has 1 aromatic rings. The fourth-order valence-electron chi connectivity index (χ4n) is 2.78. The fourth-order valence-corrected chi connectivity index (χ4v) is 2.78. The van der Waals surface area contributed by atoms with Crippen LogP contribution in [0.4, 0.5) is 0 Å². The Bertz CT molecular complexity index is 323. The van der Waals surface area contributed by atoms with Gasteiger partial charge in [-0.3, -0.25) is 0 Å². The number of hydrogen-bond donors (Lipinski definition) is 1. The average molecular weight is 232 g/mol. The maximum Gasteiger partial charge on any atom is 0.00676 e. The van der Waals surface area contributed by atoms with E-state index in [2.05, 4.69) is 42.2 Å². The van der Waals surface area contributed by atoms with Crippen molar-refractivity contribution >= 4 is 0 Å². The summed E-state index contributed by atoms with van der Waals surface area (Å²) >= 11 is 0. The van der Waals surface area contributed by atoms with Gasteiger partial charge in [0.25, 0.3) is 0 Å². The van der Waals surface area contributed by atoms with Gasteiger partial charge in [0.15, 0.2) is 0 Å². The van der Waals surface area contributed by atoms with E-state index in [0.29, 0.717) is 6.04 Å². The van der Waals surface area contributed by atoms with Gasteiger partial charge in [0.05, 0.1) is 0 Å². The topological polar surface area (TPSA) is 29.3 Å². The largest absolute Gasteiger partial charge is 0.330 e. The minimum atomic E-state index is 0.687. The molecule has 0 aromatic heterocycles. The Kier molecular flexibility index (Phi) is 4.57. The highest BCUT2D eigenvalue weighted by Crippen LogP contribution is 2.28. The van der Waals surface area contributed by atoms with Gasteiger partial charge >= 0.3 is 0 Å². The van der Waals surface area contributed by atoms with Crippen LogP contribution in [-0.2, 0) is 0 Å². The molecule has 94 valence electrons. The summed E-state index contributed by atoms with van der Waals surface area (Å²) < 4.78 is 0. The minimum absolute atomic E-state index is 0.687. The second kappa shape index (κ2) is 6.18. The molecule has 2 rings (SSSR count). The van der Waals surface area contributed by atoms with Gasteiger partial charge in [-0.1, -0.05) is 30.3 Å². The standard InChI is InChI=1S/C15H24N2/c1-13(6-5-10-16)17-11-9-15(12-17)14-7-3-2-4-8-14/h2-4,7-8,13,15H,5-6,9-12,16H2,1H3. The molecule has 2 N–H and O–H groups in total. The van der Waals surface area contributed by atoms with Gasteiger partial charge < -0.3 is 10.6 Å². The van der Waals surface area contributed by atoms with Crippen LogP contribution in [0.1, 0.15) is 37.7 Å². The van der Waals surface area contributed by atoms with Crippen molar-refractivity contribution in [2.45, 2.75) is 38.1 Å². The molecule has 1 fully saturated rings. The van der Waals surface area contributed by atoms with Crippen molar-refractivity contribution in [2.24, 2.45) is 5.73 Å². The molecule has 1 saturated heterocycles. The van der Waals surface area contributed by atoms with Crippen LogP contribution < -0.4 is 5.73 Å². The lowest BCUT2D eigenvalue weighted by molar-refractivity contribution is 0.241. The first-order valence-corrected chi connectivity index (χ1v) is 6.80. The van der Waals surface area contributed by atoms with Gasteiger partial charge in [0.2, 0.25) is 0 Å². The zero-order chi connectivity index (χ0) is 12.1. The lowest BCUT2D eigenvalue weighted by Gasteiger charge is -2.24. The number of rotatable bonds is 5. The summed E-state index contributed by atoms with van der Waals surface area (Å²) in [7, 11) is 0. The summed E-state index contributed by atoms with van der Waals surface area (Å²) in [6, 6.07) is 11.6. The highest BCUT2D eigenvalue weighted by molar-refractivity contribution is 5.21. The summed E-state index contributed by atoms with van der Waals surface area (Å²) in [5, 5.41) is 0. The van der Waals surface area contributed by atoms with Gasteiger partial charge in [-0.15, -0.1) is 0 Å². The molecule has 1 heterocycles. The molecule has 2 unspecified atom stereocenters. The lowest BCUT2D eigenvalue weighted by Crippen LogP contribution is -2.31. The molecule has 0 radical (unpaired) electrons. The Labute approximate surface area is 105 Å². The second-order valence-electron chi connectivity index (χ2n) is 5.17. The summed E-state index contributed by atoms with van der Waals surface area (Å²) in [6.45, 7) is 5.62. The predicted molar refractivity (Wildman–Crippen MR) is 73.1 cm³/mol. The van der Waals surface area contributed by atoms with Crippen LogP contribution in [0.3, 0.4) is 0 Å². The van der Waals surface area contributed by atoms with Crippen molar-refractivity contribution in [3.63, 3.8) is 0 Å². The molecule has 0 amide bonds. The molecular weight excluding hydrogens is 208 g/mol. The molecule has 1 aliphatic heterocycles. The van der Waals surface area contributed by atoms with Gasteiger partial charge in [-0.05, 0) is 50.8 Å². The van der Waals surface area contributed by atoms with E-state index in [1.54, 1.807) is 0 Å². The van der Waals surface area contributed by atoms with Crippen LogP contribution in [0.5, 0.6) is 0 Å². The van der Waals surface area contributed by atoms with E-state index in [1.807, 2.05) is 0 Å². The number of hydrogen-bond acceptors (Lipinski definition) is 2. The fraction of sp³-hybridized carbons (Fsp3) is 0.600. The van der Waals surface area contributed by atoms with Crippen molar-refractivity contribution in [2.75, 3.05) is 19.6 Å². The van der Waals surface area contributed by atoms with Crippen molar-refractivity contribution < 1.29 is 0 Å². The third-order valence-electron chi connectivity index (χ3n) is 3.94. The van der Waals surface area contributed by atoms with Crippen molar-refractivity contribution in [3.05, 3.63) is 35.9 Å². The zero-order valence-electron chi connectivity index (χ0n) is 10.8. The highest BCUT2D eigenvalue weighted by atomic mass is 15.2. The van der Waals surface area contributed by atoms with Crippen LogP contribution >= 0.6 is 0 Å². The van der Waals surface area contributed by atoms with Crippen molar-refractivity contribution in [3.8, 4) is 0 Å². The third kappa shape index (κ3) is 3.30.